The lowest BCUT2D eigenvalue weighted by Gasteiger charge is -2.21. The Labute approximate surface area is 133 Å². The summed E-state index contributed by atoms with van der Waals surface area (Å²) in [6.07, 6.45) is 7.81. The van der Waals surface area contributed by atoms with Gasteiger partial charge in [0.2, 0.25) is 5.91 Å². The van der Waals surface area contributed by atoms with Crippen LogP contribution in [0.4, 0.5) is 11.4 Å². The zero-order valence-corrected chi connectivity index (χ0v) is 13.4. The van der Waals surface area contributed by atoms with Crippen molar-refractivity contribution >= 4 is 29.7 Å². The van der Waals surface area contributed by atoms with Gasteiger partial charge in [-0.2, -0.15) is 0 Å². The molecule has 0 saturated heterocycles. The van der Waals surface area contributed by atoms with Crippen molar-refractivity contribution in [2.75, 3.05) is 11.1 Å². The average molecular weight is 309 g/mol. The fourth-order valence-corrected chi connectivity index (χ4v) is 3.60. The predicted molar refractivity (Wildman–Crippen MR) is 89.6 cm³/mol. The second kappa shape index (κ2) is 6.69. The lowest BCUT2D eigenvalue weighted by Crippen LogP contribution is -2.18. The molecule has 1 aromatic carbocycles. The molecule has 3 rings (SSSR count). The van der Waals surface area contributed by atoms with Crippen LogP contribution in [0.25, 0.3) is 0 Å². The number of rotatable bonds is 3. The molecule has 2 aliphatic carbocycles. The molecular formula is C17H25ClN2O. The summed E-state index contributed by atoms with van der Waals surface area (Å²) in [5.41, 5.74) is 8.42. The zero-order chi connectivity index (χ0) is 14.1. The normalized spacial score (nSPS) is 25.0. The van der Waals surface area contributed by atoms with Gasteiger partial charge in [-0.3, -0.25) is 4.79 Å². The van der Waals surface area contributed by atoms with Crippen molar-refractivity contribution in [1.82, 2.24) is 0 Å². The van der Waals surface area contributed by atoms with Crippen molar-refractivity contribution in [1.29, 1.82) is 0 Å². The SMILES string of the molecule is Cc1ccc(N)cc1NC(=O)C1CC1C1CCCCC1.Cl. The molecule has 21 heavy (non-hydrogen) atoms. The van der Waals surface area contributed by atoms with Crippen molar-refractivity contribution in [3.05, 3.63) is 23.8 Å². The first kappa shape index (κ1) is 16.2. The minimum absolute atomic E-state index is 0. The van der Waals surface area contributed by atoms with E-state index in [0.29, 0.717) is 11.6 Å². The second-order valence-electron chi connectivity index (χ2n) is 6.47. The van der Waals surface area contributed by atoms with Crippen LogP contribution < -0.4 is 11.1 Å². The van der Waals surface area contributed by atoms with Crippen LogP contribution in [0.2, 0.25) is 0 Å². The molecule has 2 unspecified atom stereocenters. The van der Waals surface area contributed by atoms with Crippen molar-refractivity contribution in [2.45, 2.75) is 45.4 Å². The number of carbonyl (C=O) groups is 1. The zero-order valence-electron chi connectivity index (χ0n) is 12.6. The van der Waals surface area contributed by atoms with E-state index < -0.39 is 0 Å². The number of nitrogens with two attached hydrogens (primary N) is 1. The third-order valence-electron chi connectivity index (χ3n) is 4.95. The maximum absolute atomic E-state index is 12.3. The molecule has 2 fully saturated rings. The Bertz CT molecular complexity index is 512. The Morgan fingerprint density at radius 3 is 2.67 bits per heavy atom. The molecule has 0 heterocycles. The van der Waals surface area contributed by atoms with Crippen LogP contribution in [-0.4, -0.2) is 5.91 Å². The maximum Gasteiger partial charge on any atom is 0.227 e. The van der Waals surface area contributed by atoms with Crippen LogP contribution in [-0.2, 0) is 4.79 Å². The molecule has 0 aromatic heterocycles. The van der Waals surface area contributed by atoms with Crippen molar-refractivity contribution in [3.63, 3.8) is 0 Å². The highest BCUT2D eigenvalue weighted by molar-refractivity contribution is 5.95. The summed E-state index contributed by atoms with van der Waals surface area (Å²) >= 11 is 0. The number of halogens is 1. The standard InChI is InChI=1S/C17H24N2O.ClH/c1-11-7-8-13(18)9-16(11)19-17(20)15-10-14(15)12-5-3-2-4-6-12;/h7-9,12,14-15H,2-6,10,18H2,1H3,(H,19,20);1H. The van der Waals surface area contributed by atoms with E-state index in [1.165, 1.54) is 32.1 Å². The van der Waals surface area contributed by atoms with E-state index in [9.17, 15) is 4.79 Å². The summed E-state index contributed by atoms with van der Waals surface area (Å²) in [7, 11) is 0. The van der Waals surface area contributed by atoms with Crippen molar-refractivity contribution in [2.24, 2.45) is 17.8 Å². The van der Waals surface area contributed by atoms with E-state index in [1.807, 2.05) is 25.1 Å². The molecule has 2 atom stereocenters. The third kappa shape index (κ3) is 3.70. The number of benzene rings is 1. The minimum atomic E-state index is 0. The van der Waals surface area contributed by atoms with E-state index in [4.69, 9.17) is 5.73 Å². The van der Waals surface area contributed by atoms with Crippen molar-refractivity contribution < 1.29 is 4.79 Å². The van der Waals surface area contributed by atoms with Gasteiger partial charge in [-0.15, -0.1) is 12.4 Å². The fraction of sp³-hybridized carbons (Fsp3) is 0.588. The van der Waals surface area contributed by atoms with E-state index in [1.54, 1.807) is 0 Å². The molecule has 3 nitrogen and oxygen atoms in total. The molecule has 2 aliphatic rings. The van der Waals surface area contributed by atoms with Crippen LogP contribution in [0.1, 0.15) is 44.1 Å². The van der Waals surface area contributed by atoms with Crippen LogP contribution >= 0.6 is 12.4 Å². The first-order valence-corrected chi connectivity index (χ1v) is 7.82. The Balaban J connectivity index is 0.00000161. The molecule has 1 amide bonds. The van der Waals surface area contributed by atoms with Gasteiger partial charge in [0.15, 0.2) is 0 Å². The van der Waals surface area contributed by atoms with Crippen molar-refractivity contribution in [3.8, 4) is 0 Å². The summed E-state index contributed by atoms with van der Waals surface area (Å²) in [6.45, 7) is 2.00. The molecule has 116 valence electrons. The van der Waals surface area contributed by atoms with Crippen LogP contribution in [0.15, 0.2) is 18.2 Å². The monoisotopic (exact) mass is 308 g/mol. The topological polar surface area (TPSA) is 55.1 Å². The lowest BCUT2D eigenvalue weighted by molar-refractivity contribution is -0.117. The number of hydrogen-bond donors (Lipinski definition) is 2. The van der Waals surface area contributed by atoms with Gasteiger partial charge < -0.3 is 11.1 Å². The van der Waals surface area contributed by atoms with Gasteiger partial charge in [0.05, 0.1) is 0 Å². The minimum Gasteiger partial charge on any atom is -0.399 e. The Kier molecular flexibility index (Phi) is 5.15. The highest BCUT2D eigenvalue weighted by Crippen LogP contribution is 2.49. The van der Waals surface area contributed by atoms with E-state index in [2.05, 4.69) is 5.32 Å². The number of aryl methyl sites for hydroxylation is 1. The fourth-order valence-electron chi connectivity index (χ4n) is 3.60. The summed E-state index contributed by atoms with van der Waals surface area (Å²) in [4.78, 5) is 12.3. The quantitative estimate of drug-likeness (QED) is 0.824. The van der Waals surface area contributed by atoms with Gasteiger partial charge in [-0.25, -0.2) is 0 Å². The molecular weight excluding hydrogens is 284 g/mol. The van der Waals surface area contributed by atoms with Gasteiger partial charge in [-0.1, -0.05) is 38.2 Å². The predicted octanol–water partition coefficient (Wildman–Crippen LogP) is 4.15. The first-order valence-electron chi connectivity index (χ1n) is 7.82. The van der Waals surface area contributed by atoms with Crippen LogP contribution in [0, 0.1) is 24.7 Å². The molecule has 2 saturated carbocycles. The van der Waals surface area contributed by atoms with Gasteiger partial charge >= 0.3 is 0 Å². The number of amides is 1. The average Bonchev–Trinajstić information content (AvgIpc) is 3.24. The molecule has 0 aliphatic heterocycles. The highest BCUT2D eigenvalue weighted by Gasteiger charge is 2.47. The number of nitrogen functional groups attached to an aromatic ring is 1. The van der Waals surface area contributed by atoms with Crippen LogP contribution in [0.5, 0.6) is 0 Å². The molecule has 4 heteroatoms. The highest BCUT2D eigenvalue weighted by atomic mass is 35.5. The van der Waals surface area contributed by atoms with Gasteiger partial charge in [0.25, 0.3) is 0 Å². The number of anilines is 2. The molecule has 0 bridgehead atoms. The third-order valence-corrected chi connectivity index (χ3v) is 4.95. The molecule has 3 N–H and O–H groups in total. The Hall–Kier alpha value is -1.22. The smallest absolute Gasteiger partial charge is 0.227 e. The lowest BCUT2D eigenvalue weighted by atomic mass is 9.85. The number of carbonyl (C=O) groups excluding carboxylic acids is 1. The van der Waals surface area contributed by atoms with Gasteiger partial charge in [0.1, 0.15) is 0 Å². The molecule has 1 aromatic rings. The number of nitrogens with one attached hydrogen (secondary N) is 1. The molecule has 0 spiro atoms. The van der Waals surface area contributed by atoms with Gasteiger partial charge in [0, 0.05) is 17.3 Å². The molecule has 0 radical (unpaired) electrons. The summed E-state index contributed by atoms with van der Waals surface area (Å²) in [6, 6.07) is 5.68. The maximum atomic E-state index is 12.3. The summed E-state index contributed by atoms with van der Waals surface area (Å²) in [5, 5.41) is 3.06. The Morgan fingerprint density at radius 1 is 1.24 bits per heavy atom. The summed E-state index contributed by atoms with van der Waals surface area (Å²) in [5.74, 6) is 1.85. The first-order chi connectivity index (χ1) is 9.65. The number of hydrogen-bond acceptors (Lipinski definition) is 2. The Morgan fingerprint density at radius 2 is 1.95 bits per heavy atom. The van der Waals surface area contributed by atoms with E-state index >= 15 is 0 Å². The largest absolute Gasteiger partial charge is 0.399 e. The van der Waals surface area contributed by atoms with Gasteiger partial charge in [-0.05, 0) is 42.9 Å². The van der Waals surface area contributed by atoms with E-state index in [0.717, 1.165) is 23.6 Å². The second-order valence-corrected chi connectivity index (χ2v) is 6.47. The van der Waals surface area contributed by atoms with Crippen LogP contribution in [0.3, 0.4) is 0 Å². The van der Waals surface area contributed by atoms with E-state index in [-0.39, 0.29) is 24.2 Å². The summed E-state index contributed by atoms with van der Waals surface area (Å²) < 4.78 is 0.